The van der Waals surface area contributed by atoms with E-state index >= 15 is 0 Å². The quantitative estimate of drug-likeness (QED) is 0.0333. The highest BCUT2D eigenvalue weighted by molar-refractivity contribution is 8.00. The monoisotopic (exact) mass is 835 g/mol. The number of oxime groups is 1. The Morgan fingerprint density at radius 2 is 1.66 bits per heavy atom. The molecule has 58 heavy (non-hydrogen) atoms. The number of nitrogens with two attached hydrogens (primary N) is 1. The van der Waals surface area contributed by atoms with Gasteiger partial charge in [-0.3, -0.25) is 19.3 Å². The normalized spacial score (nSPS) is 17.2. The van der Waals surface area contributed by atoms with Crippen LogP contribution in [-0.4, -0.2) is 72.9 Å². The summed E-state index contributed by atoms with van der Waals surface area (Å²) < 4.78 is 14.7. The van der Waals surface area contributed by atoms with E-state index in [9.17, 15) is 19.2 Å². The minimum absolute atomic E-state index is 0.0236. The Morgan fingerprint density at radius 1 is 0.966 bits per heavy atom. The lowest BCUT2D eigenvalue weighted by Crippen LogP contribution is -2.70. The van der Waals surface area contributed by atoms with Gasteiger partial charge in [-0.2, -0.15) is 0 Å². The Morgan fingerprint density at radius 3 is 2.28 bits per heavy atom. The molecule has 14 nitrogen and oxygen atoms in total. The van der Waals surface area contributed by atoms with Gasteiger partial charge in [0.1, 0.15) is 23.3 Å². The van der Waals surface area contributed by atoms with Crippen molar-refractivity contribution in [1.82, 2.24) is 24.8 Å². The third-order valence-corrected chi connectivity index (χ3v) is 11.7. The lowest BCUT2D eigenvalue weighted by molar-refractivity contribution is -0.193. The Balaban J connectivity index is 1.16. The van der Waals surface area contributed by atoms with Gasteiger partial charge < -0.3 is 25.4 Å². The summed E-state index contributed by atoms with van der Waals surface area (Å²) in [5.41, 5.74) is 9.29. The maximum atomic E-state index is 13.8. The van der Waals surface area contributed by atoms with Crippen molar-refractivity contribution >= 4 is 75.8 Å². The maximum Gasteiger partial charge on any atom is 0.358 e. The van der Waals surface area contributed by atoms with Crippen LogP contribution in [0, 0.1) is 5.92 Å². The minimum atomic E-state index is -1.37. The van der Waals surface area contributed by atoms with Crippen LogP contribution in [0.2, 0.25) is 0 Å². The first kappa shape index (κ1) is 40.0. The van der Waals surface area contributed by atoms with Crippen molar-refractivity contribution in [2.24, 2.45) is 11.1 Å². The summed E-state index contributed by atoms with van der Waals surface area (Å²) in [5.74, 6) is -2.80. The summed E-state index contributed by atoms with van der Waals surface area (Å²) >= 11 is 3.84. The van der Waals surface area contributed by atoms with E-state index in [0.717, 1.165) is 22.9 Å². The number of hydrogen-bond acceptors (Lipinski definition) is 15. The molecule has 17 heteroatoms. The number of nitrogens with zero attached hydrogens (tertiary/aromatic N) is 5. The molecule has 296 valence electrons. The number of hydrogen-bond donors (Lipinski definition) is 2. The highest BCUT2D eigenvalue weighted by atomic mass is 32.2. The molecule has 2 aliphatic heterocycles. The fraction of sp³-hybridized carbons (Fsp3) is 0.220. The molecule has 0 radical (unpaired) electrons. The first-order valence-corrected chi connectivity index (χ1v) is 20.8. The van der Waals surface area contributed by atoms with E-state index in [1.807, 2.05) is 90.3 Å². The second kappa shape index (κ2) is 17.5. The predicted octanol–water partition coefficient (Wildman–Crippen LogP) is 5.99. The van der Waals surface area contributed by atoms with Gasteiger partial charge in [0.15, 0.2) is 5.13 Å². The largest absolute Gasteiger partial charge is 0.425 e. The van der Waals surface area contributed by atoms with Crippen LogP contribution in [0.5, 0.6) is 0 Å². The predicted molar refractivity (Wildman–Crippen MR) is 222 cm³/mol. The number of nitrogens with one attached hydrogen (secondary N) is 1. The molecule has 3 N–H and O–H groups in total. The molecule has 4 heterocycles. The molecule has 0 spiro atoms. The summed E-state index contributed by atoms with van der Waals surface area (Å²) in [4.78, 5) is 65.3. The van der Waals surface area contributed by atoms with E-state index in [4.69, 9.17) is 20.0 Å². The Hall–Kier alpha value is -6.17. The van der Waals surface area contributed by atoms with E-state index in [0.29, 0.717) is 27.7 Å². The Kier molecular flexibility index (Phi) is 12.1. The first-order valence-electron chi connectivity index (χ1n) is 18.0. The third kappa shape index (κ3) is 8.27. The highest BCUT2D eigenvalue weighted by Gasteiger charge is 2.54. The van der Waals surface area contributed by atoms with Crippen molar-refractivity contribution in [3.05, 3.63) is 135 Å². The highest BCUT2D eigenvalue weighted by Crippen LogP contribution is 2.45. The van der Waals surface area contributed by atoms with Gasteiger partial charge in [-0.15, -0.1) is 28.2 Å². The van der Waals surface area contributed by atoms with Crippen LogP contribution in [0.15, 0.2) is 118 Å². The number of esters is 2. The molecule has 7 rings (SSSR count). The molecule has 3 aromatic carbocycles. The molecular formula is C41H37N7O7S3. The van der Waals surface area contributed by atoms with Gasteiger partial charge in [0, 0.05) is 51.6 Å². The summed E-state index contributed by atoms with van der Waals surface area (Å²) in [5, 5.41) is 14.4. The number of fused-ring (bicyclic) bond motifs is 1. The van der Waals surface area contributed by atoms with Crippen molar-refractivity contribution in [2.75, 3.05) is 11.5 Å². The van der Waals surface area contributed by atoms with Crippen molar-refractivity contribution < 1.29 is 33.5 Å². The number of aromatic nitrogens is 3. The van der Waals surface area contributed by atoms with Gasteiger partial charge in [-0.05, 0) is 23.2 Å². The van der Waals surface area contributed by atoms with E-state index in [1.165, 1.54) is 46.5 Å². The molecule has 2 aliphatic rings. The molecule has 2 aromatic heterocycles. The number of rotatable bonds is 14. The molecule has 5 aromatic rings. The second-order valence-electron chi connectivity index (χ2n) is 13.4. The average Bonchev–Trinajstić information content (AvgIpc) is 3.92. The second-order valence-corrected chi connectivity index (χ2v) is 16.0. The van der Waals surface area contributed by atoms with Crippen molar-refractivity contribution in [3.63, 3.8) is 0 Å². The summed E-state index contributed by atoms with van der Waals surface area (Å²) in [6, 6.07) is 25.6. The van der Waals surface area contributed by atoms with Gasteiger partial charge in [-0.25, -0.2) is 9.78 Å². The number of amides is 2. The number of carbonyl (C=O) groups excluding carboxylic acids is 4. The zero-order valence-corrected chi connectivity index (χ0v) is 33.8. The Labute approximate surface area is 345 Å². The van der Waals surface area contributed by atoms with Crippen LogP contribution in [0.3, 0.4) is 0 Å². The van der Waals surface area contributed by atoms with Crippen molar-refractivity contribution in [2.45, 2.75) is 44.1 Å². The molecule has 3 unspecified atom stereocenters. The summed E-state index contributed by atoms with van der Waals surface area (Å²) in [6.07, 6.45) is 3.14. The smallest absolute Gasteiger partial charge is 0.358 e. The maximum absolute atomic E-state index is 13.8. The van der Waals surface area contributed by atoms with Crippen LogP contribution in [0.25, 0.3) is 17.3 Å². The number of nitrogen functional groups attached to an aromatic ring is 1. The van der Waals surface area contributed by atoms with Gasteiger partial charge in [0.2, 0.25) is 11.9 Å². The number of thioether (sulfide) groups is 1. The van der Waals surface area contributed by atoms with E-state index in [1.54, 1.807) is 31.4 Å². The number of β-lactam (4-membered cyclic amide) rings is 1. The van der Waals surface area contributed by atoms with Gasteiger partial charge >= 0.3 is 11.9 Å². The van der Waals surface area contributed by atoms with E-state index in [-0.39, 0.29) is 17.4 Å². The average molecular weight is 836 g/mol. The molecule has 1 saturated heterocycles. The lowest BCUT2D eigenvalue weighted by Gasteiger charge is -2.49. The van der Waals surface area contributed by atoms with E-state index < -0.39 is 47.1 Å². The fourth-order valence-electron chi connectivity index (χ4n) is 6.56. The number of ether oxygens (including phenoxy) is 2. The van der Waals surface area contributed by atoms with Crippen molar-refractivity contribution in [1.29, 1.82) is 0 Å². The number of allylic oxidation sites excluding steroid dienone is 1. The van der Waals surface area contributed by atoms with Crippen LogP contribution in [0.1, 0.15) is 43.2 Å². The zero-order valence-electron chi connectivity index (χ0n) is 31.4. The van der Waals surface area contributed by atoms with Crippen LogP contribution in [0.4, 0.5) is 5.13 Å². The molecule has 0 saturated carbocycles. The minimum Gasteiger partial charge on any atom is -0.425 e. The zero-order chi connectivity index (χ0) is 40.8. The number of benzene rings is 3. The van der Waals surface area contributed by atoms with Gasteiger partial charge in [0.05, 0.1) is 11.4 Å². The Bertz CT molecular complexity index is 2340. The molecular weight excluding hydrogens is 799 g/mol. The lowest BCUT2D eigenvalue weighted by atomic mass is 9.78. The van der Waals surface area contributed by atoms with Crippen LogP contribution >= 0.6 is 34.6 Å². The van der Waals surface area contributed by atoms with Crippen LogP contribution < -0.4 is 11.1 Å². The number of carbonyl (C=O) groups is 4. The first-order chi connectivity index (χ1) is 28.1. The topological polar surface area (TPSA) is 188 Å². The summed E-state index contributed by atoms with van der Waals surface area (Å²) in [6.45, 7) is 4.68. The van der Waals surface area contributed by atoms with Gasteiger partial charge in [-0.1, -0.05) is 114 Å². The molecule has 1 fully saturated rings. The number of anilines is 1. The van der Waals surface area contributed by atoms with Crippen molar-refractivity contribution in [3.8, 4) is 11.3 Å². The third-order valence-electron chi connectivity index (χ3n) is 9.20. The van der Waals surface area contributed by atoms with Crippen LogP contribution in [-0.2, 0) is 39.1 Å². The molecule has 3 atom stereocenters. The number of thiazole rings is 1. The van der Waals surface area contributed by atoms with E-state index in [2.05, 4.69) is 25.0 Å². The SMILES string of the molecule is CC(=O)OC(OC(=O)C1=C(/C=C\c2csnn2)CSC2C(NC(=O)/C=N\OC(c3ccccc3)(c3ccccc3)c3ccccc3-c3csc(N)n3)C(=O)N12)C(C)C. The molecule has 0 aliphatic carbocycles. The standard InChI is InChI=1S/C41H37N7O7S3/c1-24(2)39(53-25(3)49)54-38(52)35-26(18-19-29-22-58-47-46-29)21-56-37-34(36(51)48(35)37)45-33(50)20-43-55-41(27-12-6-4-7-13-27,28-14-8-5-9-15-28)31-17-11-10-16-30(31)32-23-57-40(42)44-32/h4-20,22-24,34,37,39H,21H2,1-3H3,(H2,42,44)(H,45,50)/b19-18-,43-20-. The van der Waals surface area contributed by atoms with Gasteiger partial charge in [0.25, 0.3) is 11.8 Å². The molecule has 2 amide bonds. The summed E-state index contributed by atoms with van der Waals surface area (Å²) in [7, 11) is 0. The fourth-order valence-corrected chi connectivity index (χ4v) is 8.86. The molecule has 0 bridgehead atoms.